The lowest BCUT2D eigenvalue weighted by atomic mass is 10.1. The maximum atomic E-state index is 11.6. The number of aromatic hydroxyl groups is 1. The molecule has 1 atom stereocenters. The van der Waals surface area contributed by atoms with Gasteiger partial charge in [-0.3, -0.25) is 0 Å². The summed E-state index contributed by atoms with van der Waals surface area (Å²) in [6.45, 7) is 3.55. The van der Waals surface area contributed by atoms with E-state index in [-0.39, 0.29) is 11.7 Å². The van der Waals surface area contributed by atoms with Gasteiger partial charge in [-0.25, -0.2) is 4.79 Å². The van der Waals surface area contributed by atoms with Crippen molar-refractivity contribution in [3.8, 4) is 5.75 Å². The Labute approximate surface area is 107 Å². The Morgan fingerprint density at radius 2 is 2.17 bits per heavy atom. The molecule has 0 amide bonds. The van der Waals surface area contributed by atoms with E-state index >= 15 is 0 Å². The molecule has 0 saturated heterocycles. The van der Waals surface area contributed by atoms with E-state index in [4.69, 9.17) is 4.74 Å². The highest BCUT2D eigenvalue weighted by Crippen LogP contribution is 2.11. The molecule has 0 radical (unpaired) electrons. The van der Waals surface area contributed by atoms with Crippen molar-refractivity contribution < 1.29 is 14.6 Å². The van der Waals surface area contributed by atoms with Crippen molar-refractivity contribution in [2.45, 2.75) is 12.5 Å². The van der Waals surface area contributed by atoms with Crippen LogP contribution >= 0.6 is 0 Å². The molecule has 1 aromatic carbocycles. The average molecular weight is 247 g/mol. The molecule has 18 heavy (non-hydrogen) atoms. The smallest absolute Gasteiger partial charge is 0.328 e. The molecule has 0 saturated carbocycles. The van der Waals surface area contributed by atoms with Gasteiger partial charge in [0.2, 0.25) is 0 Å². The number of carbonyl (C=O) groups excluding carboxylic acids is 1. The van der Waals surface area contributed by atoms with Crippen LogP contribution in [0.25, 0.3) is 0 Å². The second kappa shape index (κ2) is 7.17. The Kier molecular flexibility index (Phi) is 5.51. The Bertz CT molecular complexity index is 423. The lowest BCUT2D eigenvalue weighted by Crippen LogP contribution is -2.36. The molecule has 2 N–H and O–H groups in total. The Morgan fingerprint density at radius 1 is 1.50 bits per heavy atom. The van der Waals surface area contributed by atoms with Gasteiger partial charge in [0.25, 0.3) is 0 Å². The van der Waals surface area contributed by atoms with Gasteiger partial charge in [0, 0.05) is 6.42 Å². The molecule has 0 bridgehead atoms. The third kappa shape index (κ3) is 4.33. The van der Waals surface area contributed by atoms with Crippen molar-refractivity contribution >= 4 is 5.97 Å². The number of phenols is 1. The van der Waals surface area contributed by atoms with Crippen molar-refractivity contribution in [1.82, 2.24) is 5.32 Å². The zero-order valence-electron chi connectivity index (χ0n) is 10.3. The number of esters is 1. The maximum Gasteiger partial charge on any atom is 0.328 e. The SMILES string of the molecule is C=C/C=C\NC(Cc1ccc(O)cc1)C(=O)OC. The normalized spacial score (nSPS) is 12.1. The third-order valence-electron chi connectivity index (χ3n) is 2.39. The minimum atomic E-state index is -0.462. The zero-order valence-corrected chi connectivity index (χ0v) is 10.3. The summed E-state index contributed by atoms with van der Waals surface area (Å²) in [7, 11) is 1.35. The van der Waals surface area contributed by atoms with E-state index in [1.807, 2.05) is 0 Å². The maximum absolute atomic E-state index is 11.6. The highest BCUT2D eigenvalue weighted by Gasteiger charge is 2.17. The number of ether oxygens (including phenoxy) is 1. The molecule has 1 unspecified atom stereocenters. The number of rotatable bonds is 6. The summed E-state index contributed by atoms with van der Waals surface area (Å²) in [6.07, 6.45) is 5.44. The Morgan fingerprint density at radius 3 is 2.72 bits per heavy atom. The van der Waals surface area contributed by atoms with E-state index in [2.05, 4.69) is 11.9 Å². The van der Waals surface area contributed by atoms with Crippen LogP contribution in [0.4, 0.5) is 0 Å². The summed E-state index contributed by atoms with van der Waals surface area (Å²) < 4.78 is 4.73. The van der Waals surface area contributed by atoms with Crippen molar-refractivity contribution in [3.63, 3.8) is 0 Å². The van der Waals surface area contributed by atoms with Gasteiger partial charge in [0.15, 0.2) is 0 Å². The van der Waals surface area contributed by atoms with Crippen molar-refractivity contribution in [2.75, 3.05) is 7.11 Å². The summed E-state index contributed by atoms with van der Waals surface area (Å²) in [6, 6.07) is 6.25. The summed E-state index contributed by atoms with van der Waals surface area (Å²) in [5, 5.41) is 12.1. The molecular weight excluding hydrogens is 230 g/mol. The van der Waals surface area contributed by atoms with Crippen LogP contribution in [0, 0.1) is 0 Å². The summed E-state index contributed by atoms with van der Waals surface area (Å²) in [5.74, 6) is -0.135. The number of allylic oxidation sites excluding steroid dienone is 2. The number of benzene rings is 1. The number of hydrogen-bond acceptors (Lipinski definition) is 4. The Hall–Kier alpha value is -2.23. The van der Waals surface area contributed by atoms with Crippen LogP contribution in [0.15, 0.2) is 49.2 Å². The highest BCUT2D eigenvalue weighted by molar-refractivity contribution is 5.76. The molecule has 0 aliphatic heterocycles. The molecule has 4 nitrogen and oxygen atoms in total. The zero-order chi connectivity index (χ0) is 13.4. The van der Waals surface area contributed by atoms with E-state index in [0.717, 1.165) is 5.56 Å². The van der Waals surface area contributed by atoms with Crippen molar-refractivity contribution in [1.29, 1.82) is 0 Å². The van der Waals surface area contributed by atoms with Crippen LogP contribution in [0.3, 0.4) is 0 Å². The van der Waals surface area contributed by atoms with Gasteiger partial charge in [0.05, 0.1) is 7.11 Å². The van der Waals surface area contributed by atoms with E-state index < -0.39 is 6.04 Å². The molecule has 0 aliphatic rings. The lowest BCUT2D eigenvalue weighted by molar-refractivity contribution is -0.142. The summed E-state index contributed by atoms with van der Waals surface area (Å²) in [4.78, 5) is 11.6. The largest absolute Gasteiger partial charge is 0.508 e. The second-order valence-corrected chi connectivity index (χ2v) is 3.71. The standard InChI is InChI=1S/C14H17NO3/c1-3-4-9-15-13(14(17)18-2)10-11-5-7-12(16)8-6-11/h3-9,13,15-16H,1,10H2,2H3/b9-4-. The first-order valence-electron chi connectivity index (χ1n) is 5.56. The Balaban J connectivity index is 2.71. The van der Waals surface area contributed by atoms with Crippen LogP contribution in [0.1, 0.15) is 5.56 Å². The monoisotopic (exact) mass is 247 g/mol. The minimum Gasteiger partial charge on any atom is -0.508 e. The fourth-order valence-electron chi connectivity index (χ4n) is 1.46. The highest BCUT2D eigenvalue weighted by atomic mass is 16.5. The minimum absolute atomic E-state index is 0.202. The molecular formula is C14H17NO3. The molecule has 0 aliphatic carbocycles. The van der Waals surface area contributed by atoms with Crippen molar-refractivity contribution in [2.24, 2.45) is 0 Å². The molecule has 1 rings (SSSR count). The van der Waals surface area contributed by atoms with Crippen LogP contribution in [-0.2, 0) is 16.0 Å². The topological polar surface area (TPSA) is 58.6 Å². The van der Waals surface area contributed by atoms with Crippen LogP contribution < -0.4 is 5.32 Å². The fraction of sp³-hybridized carbons (Fsp3) is 0.214. The fourth-order valence-corrected chi connectivity index (χ4v) is 1.46. The second-order valence-electron chi connectivity index (χ2n) is 3.71. The van der Waals surface area contributed by atoms with Gasteiger partial charge in [-0.15, -0.1) is 0 Å². The van der Waals surface area contributed by atoms with E-state index in [1.165, 1.54) is 7.11 Å². The van der Waals surface area contributed by atoms with Gasteiger partial charge < -0.3 is 15.2 Å². The molecule has 0 heterocycles. The number of methoxy groups -OCH3 is 1. The molecule has 4 heteroatoms. The molecule has 0 aromatic heterocycles. The van der Waals surface area contributed by atoms with Crippen LogP contribution in [0.2, 0.25) is 0 Å². The van der Waals surface area contributed by atoms with E-state index in [1.54, 1.807) is 42.6 Å². The molecule has 0 spiro atoms. The molecule has 96 valence electrons. The first-order chi connectivity index (χ1) is 8.67. The van der Waals surface area contributed by atoms with E-state index in [9.17, 15) is 9.90 Å². The predicted molar refractivity (Wildman–Crippen MR) is 70.1 cm³/mol. The predicted octanol–water partition coefficient (Wildman–Crippen LogP) is 1.77. The number of nitrogens with one attached hydrogen (secondary N) is 1. The quantitative estimate of drug-likeness (QED) is 0.594. The average Bonchev–Trinajstić information content (AvgIpc) is 2.39. The summed E-state index contributed by atoms with van der Waals surface area (Å²) >= 11 is 0. The first kappa shape index (κ1) is 13.8. The summed E-state index contributed by atoms with van der Waals surface area (Å²) in [5.41, 5.74) is 0.933. The van der Waals surface area contributed by atoms with Crippen LogP contribution in [-0.4, -0.2) is 24.2 Å². The van der Waals surface area contributed by atoms with Gasteiger partial charge >= 0.3 is 5.97 Å². The van der Waals surface area contributed by atoms with Crippen LogP contribution in [0.5, 0.6) is 5.75 Å². The van der Waals surface area contributed by atoms with Gasteiger partial charge in [-0.2, -0.15) is 0 Å². The van der Waals surface area contributed by atoms with E-state index in [0.29, 0.717) is 6.42 Å². The van der Waals surface area contributed by atoms with Crippen molar-refractivity contribution in [3.05, 3.63) is 54.8 Å². The molecule has 1 aromatic rings. The lowest BCUT2D eigenvalue weighted by Gasteiger charge is -2.14. The van der Waals surface area contributed by atoms with Gasteiger partial charge in [-0.1, -0.05) is 24.8 Å². The first-order valence-corrected chi connectivity index (χ1v) is 5.56. The molecule has 0 fully saturated rings. The van der Waals surface area contributed by atoms with Gasteiger partial charge in [0.1, 0.15) is 11.8 Å². The third-order valence-corrected chi connectivity index (χ3v) is 2.39. The van der Waals surface area contributed by atoms with Gasteiger partial charge in [-0.05, 0) is 30.0 Å². The number of phenolic OH excluding ortho intramolecular Hbond substituents is 1. The number of hydrogen-bond donors (Lipinski definition) is 2. The number of carbonyl (C=O) groups is 1.